The van der Waals surface area contributed by atoms with Crippen LogP contribution in [-0.4, -0.2) is 16.2 Å². The summed E-state index contributed by atoms with van der Waals surface area (Å²) in [5.74, 6) is 0. The number of fused-ring (bicyclic) bond motifs is 1. The lowest BCUT2D eigenvalue weighted by molar-refractivity contribution is 1.23. The van der Waals surface area contributed by atoms with Crippen LogP contribution in [0.4, 0.5) is 0 Å². The standard InChI is InChI=1S/C13H9ClN2S2/c1-17-9-4-2-8(3-5-9)11-6-10-12(18-11)13(14)16-7-15-10/h2-7H,1H3. The Morgan fingerprint density at radius 1 is 1.17 bits per heavy atom. The van der Waals surface area contributed by atoms with Crippen molar-refractivity contribution in [1.82, 2.24) is 9.97 Å². The first-order valence-corrected chi connectivity index (χ1v) is 7.74. The number of hydrogen-bond donors (Lipinski definition) is 0. The minimum Gasteiger partial charge on any atom is -0.235 e. The molecule has 5 heteroatoms. The molecule has 0 N–H and O–H groups in total. The highest BCUT2D eigenvalue weighted by Gasteiger charge is 2.08. The molecule has 2 nitrogen and oxygen atoms in total. The second kappa shape index (κ2) is 4.88. The molecular weight excluding hydrogens is 284 g/mol. The molecule has 1 aromatic carbocycles. The molecule has 3 aromatic rings. The fourth-order valence-electron chi connectivity index (χ4n) is 1.72. The van der Waals surface area contributed by atoms with Crippen molar-refractivity contribution in [3.63, 3.8) is 0 Å². The molecule has 0 amide bonds. The highest BCUT2D eigenvalue weighted by atomic mass is 35.5. The molecule has 90 valence electrons. The molecule has 0 atom stereocenters. The summed E-state index contributed by atoms with van der Waals surface area (Å²) in [5, 5.41) is 0.525. The van der Waals surface area contributed by atoms with Gasteiger partial charge in [-0.3, -0.25) is 0 Å². The zero-order valence-corrected chi connectivity index (χ0v) is 11.9. The van der Waals surface area contributed by atoms with Crippen molar-refractivity contribution in [3.8, 4) is 10.4 Å². The Kier molecular flexibility index (Phi) is 3.24. The molecule has 0 saturated heterocycles. The van der Waals surface area contributed by atoms with Crippen LogP contribution >= 0.6 is 34.7 Å². The molecule has 0 spiro atoms. The van der Waals surface area contributed by atoms with Crippen LogP contribution in [0.3, 0.4) is 0 Å². The van der Waals surface area contributed by atoms with Gasteiger partial charge in [-0.25, -0.2) is 9.97 Å². The van der Waals surface area contributed by atoms with Gasteiger partial charge in [0, 0.05) is 9.77 Å². The number of aromatic nitrogens is 2. The van der Waals surface area contributed by atoms with E-state index in [1.807, 2.05) is 0 Å². The van der Waals surface area contributed by atoms with Crippen LogP contribution in [0.15, 0.2) is 41.6 Å². The largest absolute Gasteiger partial charge is 0.235 e. The van der Waals surface area contributed by atoms with E-state index in [0.717, 1.165) is 10.2 Å². The number of rotatable bonds is 2. The number of halogens is 1. The topological polar surface area (TPSA) is 25.8 Å². The van der Waals surface area contributed by atoms with Crippen LogP contribution in [0.25, 0.3) is 20.7 Å². The van der Waals surface area contributed by atoms with Crippen molar-refractivity contribution < 1.29 is 0 Å². The lowest BCUT2D eigenvalue weighted by Gasteiger charge is -1.98. The lowest BCUT2D eigenvalue weighted by atomic mass is 10.2. The van der Waals surface area contributed by atoms with Gasteiger partial charge in [0.25, 0.3) is 0 Å². The summed E-state index contributed by atoms with van der Waals surface area (Å²) in [4.78, 5) is 10.7. The summed E-state index contributed by atoms with van der Waals surface area (Å²) < 4.78 is 0.947. The molecule has 0 fully saturated rings. The van der Waals surface area contributed by atoms with Gasteiger partial charge in [0.15, 0.2) is 0 Å². The van der Waals surface area contributed by atoms with Crippen LogP contribution in [0, 0.1) is 0 Å². The number of hydrogen-bond acceptors (Lipinski definition) is 4. The maximum Gasteiger partial charge on any atom is 0.150 e. The van der Waals surface area contributed by atoms with E-state index in [4.69, 9.17) is 11.6 Å². The van der Waals surface area contributed by atoms with Gasteiger partial charge in [0.05, 0.1) is 10.2 Å². The van der Waals surface area contributed by atoms with Crippen molar-refractivity contribution in [2.75, 3.05) is 6.26 Å². The van der Waals surface area contributed by atoms with E-state index in [-0.39, 0.29) is 0 Å². The molecule has 0 bridgehead atoms. The van der Waals surface area contributed by atoms with E-state index in [1.54, 1.807) is 23.1 Å². The molecular formula is C13H9ClN2S2. The van der Waals surface area contributed by atoms with Gasteiger partial charge in [0.2, 0.25) is 0 Å². The van der Waals surface area contributed by atoms with Crippen LogP contribution in [0.1, 0.15) is 0 Å². The molecule has 2 heterocycles. The Morgan fingerprint density at radius 3 is 2.61 bits per heavy atom. The van der Waals surface area contributed by atoms with Crippen LogP contribution in [0.2, 0.25) is 5.15 Å². The Labute approximate surface area is 118 Å². The smallest absolute Gasteiger partial charge is 0.150 e. The zero-order chi connectivity index (χ0) is 12.5. The summed E-state index contributed by atoms with van der Waals surface area (Å²) >= 11 is 9.43. The summed E-state index contributed by atoms with van der Waals surface area (Å²) in [6.07, 6.45) is 3.57. The second-order valence-electron chi connectivity index (χ2n) is 3.72. The second-order valence-corrected chi connectivity index (χ2v) is 6.01. The zero-order valence-electron chi connectivity index (χ0n) is 9.55. The molecule has 3 rings (SSSR count). The minimum absolute atomic E-state index is 0.525. The minimum atomic E-state index is 0.525. The van der Waals surface area contributed by atoms with Gasteiger partial charge in [-0.05, 0) is 30.0 Å². The maximum atomic E-state index is 6.06. The fraction of sp³-hybridized carbons (Fsp3) is 0.0769. The van der Waals surface area contributed by atoms with E-state index in [9.17, 15) is 0 Å². The third-order valence-electron chi connectivity index (χ3n) is 2.64. The van der Waals surface area contributed by atoms with E-state index in [1.165, 1.54) is 21.7 Å². The maximum absolute atomic E-state index is 6.06. The molecule has 0 aliphatic carbocycles. The number of nitrogens with zero attached hydrogens (tertiary/aromatic N) is 2. The molecule has 18 heavy (non-hydrogen) atoms. The first-order valence-electron chi connectivity index (χ1n) is 5.32. The average Bonchev–Trinajstić information content (AvgIpc) is 2.84. The quantitative estimate of drug-likeness (QED) is 0.504. The highest BCUT2D eigenvalue weighted by Crippen LogP contribution is 2.35. The fourth-order valence-corrected chi connectivity index (χ4v) is 3.38. The van der Waals surface area contributed by atoms with Gasteiger partial charge in [0.1, 0.15) is 11.5 Å². The van der Waals surface area contributed by atoms with Gasteiger partial charge in [-0.1, -0.05) is 23.7 Å². The Balaban J connectivity index is 2.10. The predicted molar refractivity (Wildman–Crippen MR) is 79.6 cm³/mol. The third-order valence-corrected chi connectivity index (χ3v) is 4.96. The van der Waals surface area contributed by atoms with Crippen LogP contribution in [-0.2, 0) is 0 Å². The van der Waals surface area contributed by atoms with Gasteiger partial charge >= 0.3 is 0 Å². The highest BCUT2D eigenvalue weighted by molar-refractivity contribution is 7.98. The Hall–Kier alpha value is -1.10. The number of thioether (sulfide) groups is 1. The number of thiophene rings is 1. The van der Waals surface area contributed by atoms with Crippen LogP contribution < -0.4 is 0 Å². The molecule has 2 aromatic heterocycles. The molecule has 0 aliphatic rings. The monoisotopic (exact) mass is 292 g/mol. The normalized spacial score (nSPS) is 11.0. The average molecular weight is 293 g/mol. The third kappa shape index (κ3) is 2.11. The molecule has 0 aliphatic heterocycles. The van der Waals surface area contributed by atoms with E-state index < -0.39 is 0 Å². The van der Waals surface area contributed by atoms with Crippen molar-refractivity contribution in [1.29, 1.82) is 0 Å². The summed E-state index contributed by atoms with van der Waals surface area (Å²) in [6, 6.07) is 10.5. The predicted octanol–water partition coefficient (Wildman–Crippen LogP) is 4.73. The lowest BCUT2D eigenvalue weighted by Crippen LogP contribution is -1.76. The number of benzene rings is 1. The summed E-state index contributed by atoms with van der Waals surface area (Å²) in [6.45, 7) is 0. The first-order chi connectivity index (χ1) is 8.78. The van der Waals surface area contributed by atoms with Crippen molar-refractivity contribution in [3.05, 3.63) is 41.8 Å². The van der Waals surface area contributed by atoms with E-state index in [2.05, 4.69) is 46.6 Å². The van der Waals surface area contributed by atoms with E-state index >= 15 is 0 Å². The van der Waals surface area contributed by atoms with Gasteiger partial charge in [-0.2, -0.15) is 0 Å². The van der Waals surface area contributed by atoms with Gasteiger partial charge in [-0.15, -0.1) is 23.1 Å². The Bertz CT molecular complexity index is 692. The molecule has 0 saturated carbocycles. The summed E-state index contributed by atoms with van der Waals surface area (Å²) in [5.41, 5.74) is 2.09. The first kappa shape index (κ1) is 12.0. The SMILES string of the molecule is CSc1ccc(-c2cc3ncnc(Cl)c3s2)cc1. The molecule has 0 unspecified atom stereocenters. The van der Waals surface area contributed by atoms with Crippen molar-refractivity contribution in [2.45, 2.75) is 4.90 Å². The summed E-state index contributed by atoms with van der Waals surface area (Å²) in [7, 11) is 0. The van der Waals surface area contributed by atoms with Gasteiger partial charge < -0.3 is 0 Å². The van der Waals surface area contributed by atoms with E-state index in [0.29, 0.717) is 5.15 Å². The Morgan fingerprint density at radius 2 is 1.94 bits per heavy atom. The van der Waals surface area contributed by atoms with Crippen molar-refractivity contribution >= 4 is 44.9 Å². The van der Waals surface area contributed by atoms with Crippen LogP contribution in [0.5, 0.6) is 0 Å². The molecule has 0 radical (unpaired) electrons. The van der Waals surface area contributed by atoms with Crippen molar-refractivity contribution in [2.24, 2.45) is 0 Å².